The van der Waals surface area contributed by atoms with Gasteiger partial charge in [-0.1, -0.05) is 18.2 Å². The molecule has 2 atom stereocenters. The second kappa shape index (κ2) is 9.71. The molecule has 1 aliphatic rings. The van der Waals surface area contributed by atoms with Gasteiger partial charge in [0.15, 0.2) is 11.6 Å². The van der Waals surface area contributed by atoms with Gasteiger partial charge < -0.3 is 20.7 Å². The maximum Gasteiger partial charge on any atom is 0.243 e. The number of carbonyl (C=O) groups excluding carboxylic acids is 1. The van der Waals surface area contributed by atoms with Gasteiger partial charge in [-0.3, -0.25) is 9.48 Å². The Hall–Kier alpha value is -2.65. The topological polar surface area (TPSA) is 106 Å². The van der Waals surface area contributed by atoms with Crippen molar-refractivity contribution in [3.05, 3.63) is 35.6 Å². The summed E-state index contributed by atoms with van der Waals surface area (Å²) in [5.74, 6) is 1.42. The lowest BCUT2D eigenvalue weighted by atomic mass is 9.91. The molecular weight excluding hydrogens is 394 g/mol. The minimum atomic E-state index is -0.148. The van der Waals surface area contributed by atoms with Gasteiger partial charge in [-0.25, -0.2) is 4.98 Å². The molecule has 1 aliphatic carbocycles. The van der Waals surface area contributed by atoms with E-state index in [1.165, 1.54) is 6.08 Å². The molecule has 29 heavy (non-hydrogen) atoms. The van der Waals surface area contributed by atoms with E-state index in [2.05, 4.69) is 37.6 Å². The van der Waals surface area contributed by atoms with E-state index in [9.17, 15) is 4.79 Å². The summed E-state index contributed by atoms with van der Waals surface area (Å²) < 4.78 is 6.89. The van der Waals surface area contributed by atoms with Crippen LogP contribution in [0.1, 0.15) is 31.4 Å². The van der Waals surface area contributed by atoms with E-state index in [0.29, 0.717) is 29.2 Å². The molecule has 0 aliphatic heterocycles. The van der Waals surface area contributed by atoms with Crippen molar-refractivity contribution in [1.82, 2.24) is 25.1 Å². The maximum absolute atomic E-state index is 11.6. The van der Waals surface area contributed by atoms with Crippen molar-refractivity contribution in [3.63, 3.8) is 0 Å². The quantitative estimate of drug-likeness (QED) is 0.565. The molecule has 2 unspecified atom stereocenters. The van der Waals surface area contributed by atoms with Crippen LogP contribution in [0.4, 0.5) is 17.6 Å². The molecule has 2 aromatic rings. The van der Waals surface area contributed by atoms with Crippen LogP contribution in [-0.2, 0) is 23.2 Å². The lowest BCUT2D eigenvalue weighted by molar-refractivity contribution is -0.117. The van der Waals surface area contributed by atoms with E-state index in [1.54, 1.807) is 18.0 Å². The van der Waals surface area contributed by atoms with E-state index in [1.807, 2.05) is 13.1 Å². The predicted molar refractivity (Wildman–Crippen MR) is 112 cm³/mol. The van der Waals surface area contributed by atoms with Gasteiger partial charge in [0, 0.05) is 32.3 Å². The van der Waals surface area contributed by atoms with Gasteiger partial charge in [0.2, 0.25) is 11.9 Å². The molecule has 0 bridgehead atoms. The highest BCUT2D eigenvalue weighted by Gasteiger charge is 2.23. The van der Waals surface area contributed by atoms with E-state index in [4.69, 9.17) is 16.3 Å². The first-order valence-electron chi connectivity index (χ1n) is 9.49. The molecule has 9 nitrogen and oxygen atoms in total. The number of ether oxygens (including phenoxy) is 1. The number of halogens is 1. The van der Waals surface area contributed by atoms with Crippen LogP contribution < -0.4 is 16.0 Å². The lowest BCUT2D eigenvalue weighted by Crippen LogP contribution is -2.41. The number of nitrogens with zero attached hydrogens (tertiary/aromatic N) is 4. The molecule has 0 radical (unpaired) electrons. The number of aryl methyl sites for hydroxylation is 1. The predicted octanol–water partition coefficient (Wildman–Crippen LogP) is 2.78. The Bertz CT molecular complexity index is 870. The third kappa shape index (κ3) is 5.68. The van der Waals surface area contributed by atoms with Crippen LogP contribution in [0, 0.1) is 0 Å². The Balaban J connectivity index is 1.66. The van der Waals surface area contributed by atoms with E-state index in [-0.39, 0.29) is 18.0 Å². The van der Waals surface area contributed by atoms with Crippen LogP contribution in [0.5, 0.6) is 0 Å². The third-order valence-electron chi connectivity index (χ3n) is 4.80. The van der Waals surface area contributed by atoms with Gasteiger partial charge in [-0.05, 0) is 31.8 Å². The molecule has 3 N–H and O–H groups in total. The molecule has 156 valence electrons. The number of hydrogen-bond acceptors (Lipinski definition) is 7. The molecule has 0 saturated heterocycles. The first-order valence-corrected chi connectivity index (χ1v) is 9.87. The van der Waals surface area contributed by atoms with Crippen molar-refractivity contribution >= 4 is 35.1 Å². The zero-order valence-corrected chi connectivity index (χ0v) is 17.4. The zero-order chi connectivity index (χ0) is 20.8. The first kappa shape index (κ1) is 21.1. The summed E-state index contributed by atoms with van der Waals surface area (Å²) in [7, 11) is 3.48. The van der Waals surface area contributed by atoms with Gasteiger partial charge in [-0.15, -0.1) is 0 Å². The van der Waals surface area contributed by atoms with Crippen molar-refractivity contribution in [1.29, 1.82) is 0 Å². The van der Waals surface area contributed by atoms with Crippen molar-refractivity contribution in [2.75, 3.05) is 17.7 Å². The molecule has 0 aromatic carbocycles. The number of carbonyl (C=O) groups is 1. The fourth-order valence-electron chi connectivity index (χ4n) is 3.40. The molecule has 3 rings (SSSR count). The Morgan fingerprint density at radius 2 is 2.24 bits per heavy atom. The third-order valence-corrected chi connectivity index (χ3v) is 5.08. The van der Waals surface area contributed by atoms with Gasteiger partial charge in [0.1, 0.15) is 5.02 Å². The average Bonchev–Trinajstić information content (AvgIpc) is 3.04. The standard InChI is InChI=1S/C19H26ClN7O2/c1-4-17(28)22-12-6-5-7-13(8-12)23-18-15(20)10-21-19(25-18)24-16-9-14(11-29-3)27(2)26-16/h4,9-10,12-13H,1,5-8,11H2,2-3H3,(H,22,28)(H2,21,23,24,25,26). The number of methoxy groups -OCH3 is 1. The molecule has 1 fully saturated rings. The average molecular weight is 420 g/mol. The molecule has 1 amide bonds. The van der Waals surface area contributed by atoms with Crippen LogP contribution in [0.2, 0.25) is 5.02 Å². The Morgan fingerprint density at radius 3 is 3.00 bits per heavy atom. The smallest absolute Gasteiger partial charge is 0.243 e. The number of rotatable bonds is 8. The summed E-state index contributed by atoms with van der Waals surface area (Å²) in [5.41, 5.74) is 0.928. The van der Waals surface area contributed by atoms with E-state index >= 15 is 0 Å². The number of amides is 1. The number of hydrogen-bond donors (Lipinski definition) is 3. The molecule has 2 aromatic heterocycles. The summed E-state index contributed by atoms with van der Waals surface area (Å²) in [5, 5.41) is 14.3. The van der Waals surface area contributed by atoms with Crippen LogP contribution in [-0.4, -0.2) is 44.8 Å². The van der Waals surface area contributed by atoms with E-state index < -0.39 is 0 Å². The molecule has 10 heteroatoms. The number of aromatic nitrogens is 4. The van der Waals surface area contributed by atoms with Crippen LogP contribution in [0.25, 0.3) is 0 Å². The van der Waals surface area contributed by atoms with Crippen LogP contribution in [0.15, 0.2) is 24.9 Å². The Kier molecular flexibility index (Phi) is 7.05. The Labute approximate surface area is 174 Å². The second-order valence-corrected chi connectivity index (χ2v) is 7.42. The van der Waals surface area contributed by atoms with Gasteiger partial charge in [0.25, 0.3) is 0 Å². The van der Waals surface area contributed by atoms with Crippen molar-refractivity contribution < 1.29 is 9.53 Å². The van der Waals surface area contributed by atoms with Crippen LogP contribution >= 0.6 is 11.6 Å². The largest absolute Gasteiger partial charge is 0.378 e. The second-order valence-electron chi connectivity index (χ2n) is 7.01. The normalized spacial score (nSPS) is 18.9. The minimum Gasteiger partial charge on any atom is -0.378 e. The van der Waals surface area contributed by atoms with Crippen molar-refractivity contribution in [3.8, 4) is 0 Å². The van der Waals surface area contributed by atoms with Crippen LogP contribution in [0.3, 0.4) is 0 Å². The number of nitrogens with one attached hydrogen (secondary N) is 3. The SMILES string of the molecule is C=CC(=O)NC1CCCC(Nc2nc(Nc3cc(COC)n(C)n3)ncc2Cl)C1. The Morgan fingerprint density at radius 1 is 1.45 bits per heavy atom. The number of anilines is 3. The summed E-state index contributed by atoms with van der Waals surface area (Å²) in [6.45, 7) is 3.97. The monoisotopic (exact) mass is 419 g/mol. The minimum absolute atomic E-state index is 0.109. The highest BCUT2D eigenvalue weighted by molar-refractivity contribution is 6.32. The fourth-order valence-corrected chi connectivity index (χ4v) is 3.54. The summed E-state index contributed by atoms with van der Waals surface area (Å²) in [6, 6.07) is 2.14. The van der Waals surface area contributed by atoms with Gasteiger partial charge in [0.05, 0.1) is 18.5 Å². The van der Waals surface area contributed by atoms with Gasteiger partial charge in [-0.2, -0.15) is 10.1 Å². The highest BCUT2D eigenvalue weighted by Crippen LogP contribution is 2.26. The lowest BCUT2D eigenvalue weighted by Gasteiger charge is -2.30. The highest BCUT2D eigenvalue weighted by atomic mass is 35.5. The molecule has 2 heterocycles. The maximum atomic E-state index is 11.6. The molecule has 0 spiro atoms. The summed E-state index contributed by atoms with van der Waals surface area (Å²) in [6.07, 6.45) is 6.58. The van der Waals surface area contributed by atoms with Crippen molar-refractivity contribution in [2.45, 2.75) is 44.4 Å². The fraction of sp³-hybridized carbons (Fsp3) is 0.474. The molecular formula is C19H26ClN7O2. The van der Waals surface area contributed by atoms with E-state index in [0.717, 1.165) is 31.4 Å². The van der Waals surface area contributed by atoms with Crippen molar-refractivity contribution in [2.24, 2.45) is 7.05 Å². The first-order chi connectivity index (χ1) is 14.0. The van der Waals surface area contributed by atoms with Gasteiger partial charge >= 0.3 is 0 Å². The summed E-state index contributed by atoms with van der Waals surface area (Å²) >= 11 is 6.30. The molecule has 1 saturated carbocycles. The summed E-state index contributed by atoms with van der Waals surface area (Å²) in [4.78, 5) is 20.3. The zero-order valence-electron chi connectivity index (χ0n) is 16.6.